The van der Waals surface area contributed by atoms with Crippen LogP contribution in [0.4, 0.5) is 4.39 Å². The maximum absolute atomic E-state index is 13.7. The molecule has 5 rings (SSSR count). The van der Waals surface area contributed by atoms with Crippen molar-refractivity contribution < 1.29 is 13.5 Å². The van der Waals surface area contributed by atoms with E-state index in [1.807, 2.05) is 18.2 Å². The second-order valence-corrected chi connectivity index (χ2v) is 8.25. The number of likely N-dealkylation sites (tertiary alicyclic amines) is 1. The van der Waals surface area contributed by atoms with E-state index in [1.54, 1.807) is 13.2 Å². The average Bonchev–Trinajstić information content (AvgIpc) is 3.27. The van der Waals surface area contributed by atoms with Crippen molar-refractivity contribution in [2.75, 3.05) is 20.2 Å². The van der Waals surface area contributed by atoms with E-state index in [1.165, 1.54) is 36.1 Å². The quantitative estimate of drug-likeness (QED) is 0.366. The van der Waals surface area contributed by atoms with Crippen molar-refractivity contribution in [2.24, 2.45) is 0 Å². The zero-order valence-corrected chi connectivity index (χ0v) is 17.7. The lowest BCUT2D eigenvalue weighted by atomic mass is 9.89. The lowest BCUT2D eigenvalue weighted by Crippen LogP contribution is -2.32. The second kappa shape index (κ2) is 8.56. The van der Waals surface area contributed by atoms with Crippen LogP contribution in [0.1, 0.15) is 29.9 Å². The summed E-state index contributed by atoms with van der Waals surface area (Å²) in [6, 6.07) is 23.4. The highest BCUT2D eigenvalue weighted by atomic mass is 19.1. The van der Waals surface area contributed by atoms with Crippen molar-refractivity contribution in [1.29, 1.82) is 0 Å². The molecule has 0 radical (unpaired) electrons. The highest BCUT2D eigenvalue weighted by Crippen LogP contribution is 2.37. The molecule has 2 heterocycles. The van der Waals surface area contributed by atoms with E-state index in [9.17, 15) is 4.39 Å². The third-order valence-electron chi connectivity index (χ3n) is 6.32. The van der Waals surface area contributed by atoms with E-state index in [0.717, 1.165) is 36.2 Å². The van der Waals surface area contributed by atoms with E-state index in [2.05, 4.69) is 41.3 Å². The molecule has 31 heavy (non-hydrogen) atoms. The van der Waals surface area contributed by atoms with Crippen LogP contribution in [0.15, 0.2) is 77.2 Å². The largest absolute Gasteiger partial charge is 0.493 e. The Labute approximate surface area is 182 Å². The summed E-state index contributed by atoms with van der Waals surface area (Å²) in [4.78, 5) is 2.51. The summed E-state index contributed by atoms with van der Waals surface area (Å²) in [5.41, 5.74) is 4.11. The van der Waals surface area contributed by atoms with Crippen LogP contribution in [-0.2, 0) is 6.54 Å². The summed E-state index contributed by atoms with van der Waals surface area (Å²) in [7, 11) is 1.65. The van der Waals surface area contributed by atoms with Crippen LogP contribution < -0.4 is 4.74 Å². The molecule has 4 aromatic rings. The molecule has 0 atom stereocenters. The molecule has 0 bridgehead atoms. The molecule has 1 saturated heterocycles. The van der Waals surface area contributed by atoms with Gasteiger partial charge in [0.1, 0.15) is 11.6 Å². The van der Waals surface area contributed by atoms with Gasteiger partial charge in [0.2, 0.25) is 0 Å². The predicted molar refractivity (Wildman–Crippen MR) is 122 cm³/mol. The van der Waals surface area contributed by atoms with Crippen molar-refractivity contribution in [2.45, 2.75) is 25.3 Å². The number of halogens is 1. The fraction of sp³-hybridized carbons (Fsp3) is 0.259. The summed E-state index contributed by atoms with van der Waals surface area (Å²) >= 11 is 0. The Morgan fingerprint density at radius 1 is 0.968 bits per heavy atom. The molecule has 1 fully saturated rings. The Kier molecular flexibility index (Phi) is 5.47. The van der Waals surface area contributed by atoms with Gasteiger partial charge >= 0.3 is 0 Å². The van der Waals surface area contributed by atoms with Gasteiger partial charge in [-0.1, -0.05) is 48.5 Å². The molecular weight excluding hydrogens is 389 g/mol. The number of nitrogens with zero attached hydrogens (tertiary/aromatic N) is 1. The minimum atomic E-state index is -0.272. The average molecular weight is 416 g/mol. The summed E-state index contributed by atoms with van der Waals surface area (Å²) in [6.45, 7) is 3.01. The maximum atomic E-state index is 13.7. The van der Waals surface area contributed by atoms with Gasteiger partial charge < -0.3 is 9.15 Å². The fourth-order valence-corrected chi connectivity index (χ4v) is 4.63. The van der Waals surface area contributed by atoms with Crippen LogP contribution in [0.25, 0.3) is 22.3 Å². The van der Waals surface area contributed by atoms with E-state index in [-0.39, 0.29) is 5.82 Å². The lowest BCUT2D eigenvalue weighted by molar-refractivity contribution is 0.205. The Bertz CT molecular complexity index is 1180. The predicted octanol–water partition coefficient (Wildman–Crippen LogP) is 6.63. The highest BCUT2D eigenvalue weighted by Gasteiger charge is 2.22. The molecule has 0 N–H and O–H groups in total. The Morgan fingerprint density at radius 2 is 1.77 bits per heavy atom. The Balaban J connectivity index is 1.39. The van der Waals surface area contributed by atoms with E-state index >= 15 is 0 Å². The first-order chi connectivity index (χ1) is 15.2. The van der Waals surface area contributed by atoms with Gasteiger partial charge in [0.25, 0.3) is 0 Å². The van der Waals surface area contributed by atoms with Gasteiger partial charge in [-0.2, -0.15) is 0 Å². The molecule has 0 aliphatic carbocycles. The number of piperidine rings is 1. The smallest absolute Gasteiger partial charge is 0.176 e. The topological polar surface area (TPSA) is 25.6 Å². The van der Waals surface area contributed by atoms with Crippen LogP contribution in [0, 0.1) is 5.82 Å². The van der Waals surface area contributed by atoms with Crippen molar-refractivity contribution in [3.63, 3.8) is 0 Å². The third kappa shape index (κ3) is 4.08. The summed E-state index contributed by atoms with van der Waals surface area (Å²) in [5.74, 6) is 1.72. The van der Waals surface area contributed by atoms with Gasteiger partial charge in [-0.15, -0.1) is 0 Å². The minimum absolute atomic E-state index is 0.272. The molecule has 0 saturated carbocycles. The van der Waals surface area contributed by atoms with Crippen LogP contribution in [-0.4, -0.2) is 25.1 Å². The summed E-state index contributed by atoms with van der Waals surface area (Å²) in [5, 5.41) is 1.03. The number of methoxy groups -OCH3 is 1. The second-order valence-electron chi connectivity index (χ2n) is 8.25. The van der Waals surface area contributed by atoms with Gasteiger partial charge in [0, 0.05) is 17.5 Å². The van der Waals surface area contributed by atoms with Gasteiger partial charge in [0.15, 0.2) is 11.3 Å². The van der Waals surface area contributed by atoms with Crippen LogP contribution in [0.2, 0.25) is 0 Å². The molecule has 3 aromatic carbocycles. The van der Waals surface area contributed by atoms with E-state index < -0.39 is 0 Å². The SMILES string of the molecule is COc1ccc(CN2CCC(c3ccccc3)CC2)c2cc(-c3cccc(F)c3)oc12. The maximum Gasteiger partial charge on any atom is 0.176 e. The zero-order valence-electron chi connectivity index (χ0n) is 17.7. The molecule has 1 aromatic heterocycles. The van der Waals surface area contributed by atoms with Gasteiger partial charge in [-0.05, 0) is 67.2 Å². The fourth-order valence-electron chi connectivity index (χ4n) is 4.63. The summed E-state index contributed by atoms with van der Waals surface area (Å²) < 4.78 is 25.4. The van der Waals surface area contributed by atoms with Crippen molar-refractivity contribution in [3.8, 4) is 17.1 Å². The number of hydrogen-bond donors (Lipinski definition) is 0. The van der Waals surface area contributed by atoms with Crippen molar-refractivity contribution >= 4 is 11.0 Å². The molecular formula is C27H26FNO2. The van der Waals surface area contributed by atoms with Gasteiger partial charge in [0.05, 0.1) is 7.11 Å². The molecule has 0 spiro atoms. The first kappa shape index (κ1) is 19.8. The first-order valence-electron chi connectivity index (χ1n) is 10.8. The highest BCUT2D eigenvalue weighted by molar-refractivity contribution is 5.90. The minimum Gasteiger partial charge on any atom is -0.493 e. The number of benzene rings is 3. The number of hydrogen-bond acceptors (Lipinski definition) is 3. The lowest BCUT2D eigenvalue weighted by Gasteiger charge is -2.32. The van der Waals surface area contributed by atoms with Crippen LogP contribution in [0.5, 0.6) is 5.75 Å². The normalized spacial score (nSPS) is 15.4. The Hall–Kier alpha value is -3.11. The monoisotopic (exact) mass is 415 g/mol. The van der Waals surface area contributed by atoms with Gasteiger partial charge in [-0.25, -0.2) is 4.39 Å². The molecule has 0 amide bonds. The van der Waals surface area contributed by atoms with Crippen LogP contribution in [0.3, 0.4) is 0 Å². The van der Waals surface area contributed by atoms with E-state index in [0.29, 0.717) is 17.4 Å². The molecule has 4 heteroatoms. The van der Waals surface area contributed by atoms with Crippen molar-refractivity contribution in [3.05, 3.63) is 89.7 Å². The Morgan fingerprint density at radius 3 is 2.52 bits per heavy atom. The van der Waals surface area contributed by atoms with Gasteiger partial charge in [-0.3, -0.25) is 4.90 Å². The van der Waals surface area contributed by atoms with E-state index in [4.69, 9.17) is 9.15 Å². The first-order valence-corrected chi connectivity index (χ1v) is 10.8. The number of ether oxygens (including phenoxy) is 1. The number of fused-ring (bicyclic) bond motifs is 1. The van der Waals surface area contributed by atoms with Crippen molar-refractivity contribution in [1.82, 2.24) is 4.90 Å². The number of furan rings is 1. The molecule has 1 aliphatic heterocycles. The van der Waals surface area contributed by atoms with Crippen LogP contribution >= 0.6 is 0 Å². The summed E-state index contributed by atoms with van der Waals surface area (Å²) in [6.07, 6.45) is 2.34. The molecule has 0 unspecified atom stereocenters. The molecule has 3 nitrogen and oxygen atoms in total. The standard InChI is InChI=1S/C27H26FNO2/c1-30-25-11-10-22(18-29-14-12-20(13-15-29)19-6-3-2-4-7-19)24-17-26(31-27(24)25)21-8-5-9-23(28)16-21/h2-11,16-17,20H,12-15,18H2,1H3. The zero-order chi connectivity index (χ0) is 21.2. The third-order valence-corrected chi connectivity index (χ3v) is 6.32. The molecule has 158 valence electrons. The number of rotatable bonds is 5. The molecule has 1 aliphatic rings.